The number of nitriles is 1. The molecular weight excluding hydrogens is 208 g/mol. The molecule has 1 aromatic heterocycles. The van der Waals surface area contributed by atoms with Gasteiger partial charge in [-0.05, 0) is 12.0 Å². The van der Waals surface area contributed by atoms with Gasteiger partial charge in [-0.2, -0.15) is 10.4 Å². The molecule has 1 unspecified atom stereocenters. The molecular formula is C10H12N4O2. The summed E-state index contributed by atoms with van der Waals surface area (Å²) in [5.74, 6) is -0.484. The minimum Gasteiger partial charge on any atom is -0.481 e. The molecule has 0 aliphatic rings. The average molecular weight is 220 g/mol. The van der Waals surface area contributed by atoms with Crippen LogP contribution in [0.4, 0.5) is 5.82 Å². The Labute approximate surface area is 92.9 Å². The van der Waals surface area contributed by atoms with E-state index < -0.39 is 5.97 Å². The van der Waals surface area contributed by atoms with Gasteiger partial charge in [0.1, 0.15) is 6.07 Å². The van der Waals surface area contributed by atoms with Gasteiger partial charge in [-0.3, -0.25) is 4.79 Å². The number of aromatic nitrogens is 2. The van der Waals surface area contributed by atoms with Crippen molar-refractivity contribution < 1.29 is 9.90 Å². The molecule has 1 aromatic rings. The van der Waals surface area contributed by atoms with E-state index in [2.05, 4.69) is 15.5 Å². The van der Waals surface area contributed by atoms with E-state index in [-0.39, 0.29) is 12.3 Å². The molecule has 0 radical (unpaired) electrons. The number of carboxylic acids is 1. The highest BCUT2D eigenvalue weighted by Crippen LogP contribution is 2.10. The van der Waals surface area contributed by atoms with Crippen molar-refractivity contribution in [1.29, 1.82) is 5.26 Å². The molecule has 1 rings (SSSR count). The van der Waals surface area contributed by atoms with Crippen LogP contribution in [0.1, 0.15) is 18.9 Å². The third-order valence-corrected chi connectivity index (χ3v) is 1.98. The third-order valence-electron chi connectivity index (χ3n) is 1.98. The normalized spacial score (nSPS) is 11.5. The van der Waals surface area contributed by atoms with Gasteiger partial charge in [0.25, 0.3) is 0 Å². The molecule has 6 nitrogen and oxygen atoms in total. The van der Waals surface area contributed by atoms with Crippen molar-refractivity contribution in [3.63, 3.8) is 0 Å². The Morgan fingerprint density at radius 3 is 3.12 bits per heavy atom. The van der Waals surface area contributed by atoms with E-state index in [1.807, 2.05) is 13.0 Å². The molecule has 1 heterocycles. The van der Waals surface area contributed by atoms with Crippen molar-refractivity contribution >= 4 is 11.8 Å². The second kappa shape index (κ2) is 5.66. The maximum Gasteiger partial charge on any atom is 0.303 e. The Kier molecular flexibility index (Phi) is 4.21. The molecule has 0 saturated heterocycles. The summed E-state index contributed by atoms with van der Waals surface area (Å²) < 4.78 is 0. The lowest BCUT2D eigenvalue weighted by Gasteiger charge is -2.10. The first-order valence-electron chi connectivity index (χ1n) is 4.81. The van der Waals surface area contributed by atoms with E-state index in [4.69, 9.17) is 10.4 Å². The summed E-state index contributed by atoms with van der Waals surface area (Å²) in [6.45, 7) is 2.25. The Balaban J connectivity index is 2.55. The van der Waals surface area contributed by atoms with Gasteiger partial charge in [-0.25, -0.2) is 0 Å². The minimum absolute atomic E-state index is 0.0361. The number of carbonyl (C=O) groups is 1. The third kappa shape index (κ3) is 3.53. The molecule has 0 amide bonds. The fraction of sp³-hybridized carbons (Fsp3) is 0.400. The lowest BCUT2D eigenvalue weighted by molar-refractivity contribution is -0.137. The van der Waals surface area contributed by atoms with E-state index in [1.54, 1.807) is 6.07 Å². The molecule has 0 saturated carbocycles. The number of carboxylic acid groups (broad SMARTS) is 1. The quantitative estimate of drug-likeness (QED) is 0.763. The summed E-state index contributed by atoms with van der Waals surface area (Å²) in [7, 11) is 0. The molecule has 0 aromatic carbocycles. The summed E-state index contributed by atoms with van der Waals surface area (Å²) in [5, 5.41) is 27.7. The highest BCUT2D eigenvalue weighted by atomic mass is 16.4. The van der Waals surface area contributed by atoms with Gasteiger partial charge >= 0.3 is 5.97 Å². The molecule has 1 atom stereocenters. The second-order valence-corrected chi connectivity index (χ2v) is 3.49. The zero-order valence-corrected chi connectivity index (χ0v) is 8.84. The number of nitrogens with zero attached hydrogens (tertiary/aromatic N) is 3. The molecule has 2 N–H and O–H groups in total. The molecule has 6 heteroatoms. The first-order valence-corrected chi connectivity index (χ1v) is 4.81. The smallest absolute Gasteiger partial charge is 0.303 e. The van der Waals surface area contributed by atoms with Crippen molar-refractivity contribution in [2.24, 2.45) is 5.92 Å². The molecule has 0 aliphatic carbocycles. The topological polar surface area (TPSA) is 98.9 Å². The standard InChI is InChI=1S/C10H12N4O2/c1-7(4-9(15)16)6-12-10-8(5-11)2-3-13-14-10/h2-3,7H,4,6H2,1H3,(H,12,14)(H,15,16). The van der Waals surface area contributed by atoms with Crippen molar-refractivity contribution in [1.82, 2.24) is 10.2 Å². The van der Waals surface area contributed by atoms with Crippen molar-refractivity contribution in [2.45, 2.75) is 13.3 Å². The number of nitrogens with one attached hydrogen (secondary N) is 1. The number of anilines is 1. The van der Waals surface area contributed by atoms with Gasteiger partial charge in [0, 0.05) is 13.0 Å². The fourth-order valence-corrected chi connectivity index (χ4v) is 1.19. The van der Waals surface area contributed by atoms with E-state index in [0.29, 0.717) is 17.9 Å². The Morgan fingerprint density at radius 2 is 2.50 bits per heavy atom. The first kappa shape index (κ1) is 11.9. The number of aliphatic carboxylic acids is 1. The van der Waals surface area contributed by atoms with Crippen LogP contribution >= 0.6 is 0 Å². The Hall–Kier alpha value is -2.16. The summed E-state index contributed by atoms with van der Waals surface area (Å²) >= 11 is 0. The maximum absolute atomic E-state index is 10.4. The molecule has 0 aliphatic heterocycles. The number of rotatable bonds is 5. The summed E-state index contributed by atoms with van der Waals surface area (Å²) in [6.07, 6.45) is 1.51. The lowest BCUT2D eigenvalue weighted by atomic mass is 10.1. The van der Waals surface area contributed by atoms with Crippen molar-refractivity contribution in [2.75, 3.05) is 11.9 Å². The van der Waals surface area contributed by atoms with Gasteiger partial charge in [-0.1, -0.05) is 6.92 Å². The number of hydrogen-bond donors (Lipinski definition) is 2. The van der Waals surface area contributed by atoms with E-state index >= 15 is 0 Å². The van der Waals surface area contributed by atoms with Gasteiger partial charge in [0.15, 0.2) is 5.82 Å². The zero-order chi connectivity index (χ0) is 12.0. The van der Waals surface area contributed by atoms with Crippen LogP contribution in [0.25, 0.3) is 0 Å². The van der Waals surface area contributed by atoms with Crippen LogP contribution < -0.4 is 5.32 Å². The maximum atomic E-state index is 10.4. The Morgan fingerprint density at radius 1 is 1.75 bits per heavy atom. The SMILES string of the molecule is CC(CNc1nnccc1C#N)CC(=O)O. The van der Waals surface area contributed by atoms with Crippen LogP contribution in [0.5, 0.6) is 0 Å². The predicted octanol–water partition coefficient (Wildman–Crippen LogP) is 0.871. The lowest BCUT2D eigenvalue weighted by Crippen LogP contribution is -2.16. The van der Waals surface area contributed by atoms with Crippen LogP contribution in [0.15, 0.2) is 12.3 Å². The largest absolute Gasteiger partial charge is 0.481 e. The van der Waals surface area contributed by atoms with E-state index in [1.165, 1.54) is 6.20 Å². The monoisotopic (exact) mass is 220 g/mol. The first-order chi connectivity index (χ1) is 7.63. The average Bonchev–Trinajstić information content (AvgIpc) is 2.26. The van der Waals surface area contributed by atoms with Crippen LogP contribution in [-0.2, 0) is 4.79 Å². The number of hydrogen-bond acceptors (Lipinski definition) is 5. The van der Waals surface area contributed by atoms with Crippen LogP contribution in [0.2, 0.25) is 0 Å². The highest BCUT2D eigenvalue weighted by molar-refractivity contribution is 5.67. The molecule has 0 fully saturated rings. The Bertz CT molecular complexity index is 414. The summed E-state index contributed by atoms with van der Waals surface area (Å²) in [4.78, 5) is 10.4. The molecule has 16 heavy (non-hydrogen) atoms. The van der Waals surface area contributed by atoms with Gasteiger partial charge in [0.05, 0.1) is 11.8 Å². The molecule has 84 valence electrons. The highest BCUT2D eigenvalue weighted by Gasteiger charge is 2.09. The summed E-state index contributed by atoms with van der Waals surface area (Å²) in [6, 6.07) is 3.53. The fourth-order valence-electron chi connectivity index (χ4n) is 1.19. The molecule has 0 bridgehead atoms. The zero-order valence-electron chi connectivity index (χ0n) is 8.84. The van der Waals surface area contributed by atoms with Crippen LogP contribution in [0, 0.1) is 17.2 Å². The van der Waals surface area contributed by atoms with Crippen LogP contribution in [0.3, 0.4) is 0 Å². The second-order valence-electron chi connectivity index (χ2n) is 3.49. The van der Waals surface area contributed by atoms with Crippen molar-refractivity contribution in [3.8, 4) is 6.07 Å². The van der Waals surface area contributed by atoms with E-state index in [0.717, 1.165) is 0 Å². The van der Waals surface area contributed by atoms with Crippen molar-refractivity contribution in [3.05, 3.63) is 17.8 Å². The predicted molar refractivity (Wildman–Crippen MR) is 56.7 cm³/mol. The van der Waals surface area contributed by atoms with Gasteiger partial charge in [0.2, 0.25) is 0 Å². The molecule has 0 spiro atoms. The van der Waals surface area contributed by atoms with E-state index in [9.17, 15) is 4.79 Å². The van der Waals surface area contributed by atoms with Gasteiger partial charge < -0.3 is 10.4 Å². The van der Waals surface area contributed by atoms with Crippen LogP contribution in [-0.4, -0.2) is 27.8 Å². The van der Waals surface area contributed by atoms with Gasteiger partial charge in [-0.15, -0.1) is 5.10 Å². The minimum atomic E-state index is -0.839. The summed E-state index contributed by atoms with van der Waals surface area (Å²) in [5.41, 5.74) is 0.400.